The molecule has 0 aromatic rings. The SMILES string of the molecule is CCC1O[C@@H](O[C@H]2C(CC)O[C@@H](O[C@H]3C(C)C(C)[C@@H](O[C@H]4C(C)C(C)[C@@H](O[C@H]5C(CC)O[C@@H](O[C@@H](CC)C(C)C6[C@@H](O[C@H]7C(C)C(C)[C@@H](C)O[C@@H]7CC)C6(C)O)C(C)[C@H]5O)O[C@@H]4C)O[C@@H]3CO)C(C)[C@H]2C)C(C)[C@@H](C)[C@H]1O[C@H]1O[C@H](CC)[C@@H](O[C@H]2O[C@H](CC)[C@@H](C)C(C)C2C)C(C)C1C. The molecule has 19 heteroatoms. The predicted octanol–water partition coefficient (Wildman–Crippen LogP) is 13.7. The average Bonchev–Trinajstić information content (AvgIpc) is 1.56. The third-order valence-electron chi connectivity index (χ3n) is 28.2. The summed E-state index contributed by atoms with van der Waals surface area (Å²) < 4.78 is 110. The molecule has 9 rings (SSSR count). The van der Waals surface area contributed by atoms with Gasteiger partial charge in [0.2, 0.25) is 0 Å². The molecule has 1 aliphatic carbocycles. The van der Waals surface area contributed by atoms with Crippen molar-refractivity contribution in [2.24, 2.45) is 107 Å². The second kappa shape index (κ2) is 34.6. The molecule has 9 fully saturated rings. The van der Waals surface area contributed by atoms with Crippen molar-refractivity contribution in [2.45, 2.75) is 397 Å². The Morgan fingerprint density at radius 3 is 1.05 bits per heavy atom. The highest BCUT2D eigenvalue weighted by Crippen LogP contribution is 2.55. The molecular weight excluding hydrogens is 1260 g/mol. The Morgan fingerprint density at radius 1 is 0.323 bits per heavy atom. The zero-order valence-electron chi connectivity index (χ0n) is 66.4. The zero-order valence-corrected chi connectivity index (χ0v) is 66.4. The lowest BCUT2D eigenvalue weighted by molar-refractivity contribution is -0.371. The van der Waals surface area contributed by atoms with Gasteiger partial charge >= 0.3 is 0 Å². The van der Waals surface area contributed by atoms with Gasteiger partial charge in [-0.2, -0.15) is 0 Å². The number of ether oxygens (including phenoxy) is 16. The molecule has 0 aromatic carbocycles. The van der Waals surface area contributed by atoms with E-state index in [9.17, 15) is 15.3 Å². The van der Waals surface area contributed by atoms with Gasteiger partial charge in [0.15, 0.2) is 44.0 Å². The van der Waals surface area contributed by atoms with Crippen LogP contribution < -0.4 is 0 Å². The van der Waals surface area contributed by atoms with Crippen molar-refractivity contribution in [3.63, 3.8) is 0 Å². The highest BCUT2D eigenvalue weighted by Gasteiger charge is 2.67. The van der Waals surface area contributed by atoms with Crippen molar-refractivity contribution in [3.8, 4) is 0 Å². The van der Waals surface area contributed by atoms with Crippen molar-refractivity contribution in [3.05, 3.63) is 0 Å². The molecule has 1 saturated carbocycles. The van der Waals surface area contributed by atoms with Crippen LogP contribution >= 0.6 is 0 Å². The summed E-state index contributed by atoms with van der Waals surface area (Å²) in [4.78, 5) is 0. The molecule has 0 aromatic heterocycles. The lowest BCUT2D eigenvalue weighted by Crippen LogP contribution is -2.61. The largest absolute Gasteiger partial charge is 0.394 e. The normalized spacial score (nSPS) is 53.6. The van der Waals surface area contributed by atoms with Gasteiger partial charge in [-0.05, 0) is 125 Å². The van der Waals surface area contributed by atoms with Crippen molar-refractivity contribution in [2.75, 3.05) is 6.61 Å². The monoisotopic (exact) mass is 1410 g/mol. The van der Waals surface area contributed by atoms with Gasteiger partial charge in [-0.1, -0.05) is 166 Å². The number of aliphatic hydroxyl groups is 3. The van der Waals surface area contributed by atoms with Crippen LogP contribution in [-0.2, 0) is 75.8 Å². The molecule has 0 bridgehead atoms. The van der Waals surface area contributed by atoms with E-state index in [0.29, 0.717) is 37.0 Å². The fourth-order valence-electron chi connectivity index (χ4n) is 18.9. The number of hydrogen-bond donors (Lipinski definition) is 3. The topological polar surface area (TPSA) is 208 Å². The molecule has 3 N–H and O–H groups in total. The molecule has 45 atom stereocenters. The molecule has 0 spiro atoms. The van der Waals surface area contributed by atoms with E-state index in [1.165, 1.54) is 0 Å². The average molecular weight is 1410 g/mol. The summed E-state index contributed by atoms with van der Waals surface area (Å²) in [7, 11) is 0. The van der Waals surface area contributed by atoms with Crippen LogP contribution in [0, 0.1) is 107 Å². The molecule has 19 unspecified atom stereocenters. The van der Waals surface area contributed by atoms with Gasteiger partial charge in [-0.15, -0.1) is 0 Å². The maximum Gasteiger partial charge on any atom is 0.163 e. The third kappa shape index (κ3) is 16.8. The molecule has 8 aliphatic heterocycles. The van der Waals surface area contributed by atoms with Gasteiger partial charge in [0.25, 0.3) is 0 Å². The second-order valence-electron chi connectivity index (χ2n) is 34.0. The molecule has 9 aliphatic rings. The first-order valence-electron chi connectivity index (χ1n) is 40.3. The van der Waals surface area contributed by atoms with Crippen LogP contribution in [0.15, 0.2) is 0 Å². The van der Waals surface area contributed by atoms with Crippen molar-refractivity contribution in [1.82, 2.24) is 0 Å². The maximum absolute atomic E-state index is 12.2. The summed E-state index contributed by atoms with van der Waals surface area (Å²) >= 11 is 0. The van der Waals surface area contributed by atoms with Crippen molar-refractivity contribution in [1.29, 1.82) is 0 Å². The van der Waals surface area contributed by atoms with E-state index in [0.717, 1.165) is 25.7 Å². The Bertz CT molecular complexity index is 2430. The van der Waals surface area contributed by atoms with Crippen LogP contribution in [0.4, 0.5) is 0 Å². The predicted molar refractivity (Wildman–Crippen MR) is 378 cm³/mol. The summed E-state index contributed by atoms with van der Waals surface area (Å²) in [5.74, 6) is 1.25. The van der Waals surface area contributed by atoms with E-state index < -0.39 is 85.9 Å². The standard InChI is InChI=1S/C80H144O19/c1-28-55-38(10)36(8)45(17)74(86-55)95-67-41(13)47(19)75(88-58(67)31-4)96-68-42(14)48(20)76(89-59(68)32-5)97-69-43(15)49(21)77(90-60(69)33-6)98-70-44(16)50(22)78(92-62(70)35-81)94-65-40(12)46(18)73(85-54(65)26)99-71-61(34-7)91-79(52(24)64(71)82)87-56(29-2)51(23)63-72(80(63,27)83)93-66-39(11)37(9)53(25)84-57(66)30-3/h36-79,81-83H,28-35H2,1-27H3/t36?,37?,38-,39?,40?,41?,42+,43+,44?,45?,46?,47?,48?,49?,50?,51?,52?,53+,54+,55+,56-,57+,58+,59?,60?,61?,62+,63?,64+,65-,66-,67-,68+,69+,70-,71-,72+,73+,74+,75+,76-,77-,78+,79+,80?/m0/s1. The van der Waals surface area contributed by atoms with E-state index in [4.69, 9.17) is 75.8 Å². The molecule has 99 heavy (non-hydrogen) atoms. The Hall–Kier alpha value is -0.760. The smallest absolute Gasteiger partial charge is 0.163 e. The maximum atomic E-state index is 12.2. The first kappa shape index (κ1) is 82.3. The Morgan fingerprint density at radius 2 is 0.636 bits per heavy atom. The first-order chi connectivity index (χ1) is 46.8. The summed E-state index contributed by atoms with van der Waals surface area (Å²) in [6, 6.07) is 0. The molecular formula is C80H144O19. The Labute approximate surface area is 599 Å². The lowest BCUT2D eigenvalue weighted by atomic mass is 9.78. The number of hydrogen-bond acceptors (Lipinski definition) is 19. The summed E-state index contributed by atoms with van der Waals surface area (Å²) in [6.07, 6.45) is -3.84. The van der Waals surface area contributed by atoms with Gasteiger partial charge in [0, 0.05) is 47.3 Å². The fraction of sp³-hybridized carbons (Fsp3) is 1.00. The minimum Gasteiger partial charge on any atom is -0.394 e. The molecule has 8 heterocycles. The minimum atomic E-state index is -1.01. The third-order valence-corrected chi connectivity index (χ3v) is 28.2. The Balaban J connectivity index is 0.760. The molecule has 19 nitrogen and oxygen atoms in total. The van der Waals surface area contributed by atoms with Gasteiger partial charge in [0.05, 0.1) is 116 Å². The lowest BCUT2D eigenvalue weighted by Gasteiger charge is -2.52. The number of rotatable bonds is 26. The van der Waals surface area contributed by atoms with Crippen molar-refractivity contribution < 1.29 is 91.1 Å². The highest BCUT2D eigenvalue weighted by atomic mass is 16.8. The van der Waals surface area contributed by atoms with Gasteiger partial charge < -0.3 is 91.1 Å². The summed E-state index contributed by atoms with van der Waals surface area (Å²) in [6.45, 7) is 58.2. The summed E-state index contributed by atoms with van der Waals surface area (Å²) in [5.41, 5.74) is -1.01. The first-order valence-corrected chi connectivity index (χ1v) is 40.3. The van der Waals surface area contributed by atoms with Gasteiger partial charge in [-0.3, -0.25) is 0 Å². The van der Waals surface area contributed by atoms with Gasteiger partial charge in [-0.25, -0.2) is 0 Å². The van der Waals surface area contributed by atoms with Crippen LogP contribution in [0.3, 0.4) is 0 Å². The van der Waals surface area contributed by atoms with E-state index >= 15 is 0 Å². The van der Waals surface area contributed by atoms with Crippen LogP contribution in [-0.4, -0.2) is 188 Å². The van der Waals surface area contributed by atoms with Crippen molar-refractivity contribution >= 4 is 0 Å². The molecule has 0 amide bonds. The fourth-order valence-corrected chi connectivity index (χ4v) is 18.9. The molecule has 0 radical (unpaired) electrons. The van der Waals surface area contributed by atoms with Crippen LogP contribution in [0.1, 0.15) is 232 Å². The van der Waals surface area contributed by atoms with E-state index in [1.54, 1.807) is 0 Å². The minimum absolute atomic E-state index is 0.0133. The van der Waals surface area contributed by atoms with E-state index in [1.807, 2.05) is 27.7 Å². The molecule has 578 valence electrons. The molecule has 8 saturated heterocycles. The van der Waals surface area contributed by atoms with E-state index in [2.05, 4.69) is 159 Å². The quantitative estimate of drug-likeness (QED) is 0.0735. The highest BCUT2D eigenvalue weighted by molar-refractivity contribution is 5.15. The Kier molecular flexibility index (Phi) is 28.8. The van der Waals surface area contributed by atoms with Crippen LogP contribution in [0.2, 0.25) is 0 Å². The van der Waals surface area contributed by atoms with Crippen LogP contribution in [0.5, 0.6) is 0 Å². The van der Waals surface area contributed by atoms with Gasteiger partial charge in [0.1, 0.15) is 12.2 Å². The van der Waals surface area contributed by atoms with E-state index in [-0.39, 0.29) is 175 Å². The summed E-state index contributed by atoms with van der Waals surface area (Å²) in [5, 5.41) is 35.1. The van der Waals surface area contributed by atoms with Crippen LogP contribution in [0.25, 0.3) is 0 Å². The zero-order chi connectivity index (χ0) is 72.9. The second-order valence-corrected chi connectivity index (χ2v) is 34.0. The number of aliphatic hydroxyl groups excluding tert-OH is 2.